The van der Waals surface area contributed by atoms with Crippen molar-refractivity contribution in [1.29, 1.82) is 0 Å². The molecule has 0 bridgehead atoms. The molecule has 1 aliphatic rings. The van der Waals surface area contributed by atoms with E-state index in [1.54, 1.807) is 0 Å². The standard InChI is InChI=1S/C14H31N3/c1-7-15-13(14(2,3)4)12-11-16(5)9-8-10-17(12)6/h12-13,15H,7-11H2,1-6H3. The Labute approximate surface area is 108 Å². The van der Waals surface area contributed by atoms with E-state index < -0.39 is 0 Å². The third-order valence-electron chi connectivity index (χ3n) is 3.86. The molecule has 0 spiro atoms. The second kappa shape index (κ2) is 6.17. The van der Waals surface area contributed by atoms with E-state index in [0.717, 1.165) is 6.54 Å². The third-order valence-corrected chi connectivity index (χ3v) is 3.86. The van der Waals surface area contributed by atoms with Gasteiger partial charge in [0.25, 0.3) is 0 Å². The van der Waals surface area contributed by atoms with Crippen LogP contribution in [-0.4, -0.2) is 62.2 Å². The van der Waals surface area contributed by atoms with Gasteiger partial charge in [-0.1, -0.05) is 27.7 Å². The number of rotatable bonds is 3. The van der Waals surface area contributed by atoms with E-state index in [2.05, 4.69) is 56.9 Å². The van der Waals surface area contributed by atoms with Gasteiger partial charge in [-0.3, -0.25) is 0 Å². The summed E-state index contributed by atoms with van der Waals surface area (Å²) in [7, 11) is 4.53. The van der Waals surface area contributed by atoms with Gasteiger partial charge in [0.1, 0.15) is 0 Å². The van der Waals surface area contributed by atoms with Gasteiger partial charge in [0.15, 0.2) is 0 Å². The van der Waals surface area contributed by atoms with Crippen LogP contribution in [0.5, 0.6) is 0 Å². The second-order valence-corrected chi connectivity index (χ2v) is 6.57. The lowest BCUT2D eigenvalue weighted by molar-refractivity contribution is 0.114. The Hall–Kier alpha value is -0.120. The molecule has 0 aliphatic carbocycles. The van der Waals surface area contributed by atoms with E-state index >= 15 is 0 Å². The molecule has 0 amide bonds. The van der Waals surface area contributed by atoms with Crippen LogP contribution in [-0.2, 0) is 0 Å². The van der Waals surface area contributed by atoms with Crippen molar-refractivity contribution >= 4 is 0 Å². The molecule has 0 saturated carbocycles. The SMILES string of the molecule is CCNC(C1CN(C)CCCN1C)C(C)(C)C. The predicted octanol–water partition coefficient (Wildman–Crippen LogP) is 1.65. The van der Waals surface area contributed by atoms with Crippen LogP contribution >= 0.6 is 0 Å². The van der Waals surface area contributed by atoms with E-state index in [1.165, 1.54) is 26.1 Å². The minimum absolute atomic E-state index is 0.306. The Morgan fingerprint density at radius 1 is 1.24 bits per heavy atom. The number of nitrogens with zero attached hydrogens (tertiary/aromatic N) is 2. The lowest BCUT2D eigenvalue weighted by Gasteiger charge is -2.42. The van der Waals surface area contributed by atoms with Crippen LogP contribution in [0, 0.1) is 5.41 Å². The van der Waals surface area contributed by atoms with Gasteiger partial charge in [0, 0.05) is 18.6 Å². The first-order chi connectivity index (χ1) is 7.86. The zero-order valence-electron chi connectivity index (χ0n) is 12.6. The Kier molecular flexibility index (Phi) is 5.42. The largest absolute Gasteiger partial charge is 0.312 e. The Bertz CT molecular complexity index is 222. The first-order valence-electron chi connectivity index (χ1n) is 6.98. The molecule has 1 rings (SSSR count). The molecular weight excluding hydrogens is 210 g/mol. The van der Waals surface area contributed by atoms with Gasteiger partial charge in [-0.15, -0.1) is 0 Å². The summed E-state index contributed by atoms with van der Waals surface area (Å²) in [5.74, 6) is 0. The molecular formula is C14H31N3. The van der Waals surface area contributed by atoms with Crippen molar-refractivity contribution in [3.8, 4) is 0 Å². The molecule has 0 radical (unpaired) electrons. The van der Waals surface area contributed by atoms with Gasteiger partial charge >= 0.3 is 0 Å². The van der Waals surface area contributed by atoms with Crippen LogP contribution in [0.3, 0.4) is 0 Å². The van der Waals surface area contributed by atoms with Gasteiger partial charge in [0.2, 0.25) is 0 Å². The van der Waals surface area contributed by atoms with Crippen LogP contribution in [0.25, 0.3) is 0 Å². The van der Waals surface area contributed by atoms with E-state index in [4.69, 9.17) is 0 Å². The average molecular weight is 241 g/mol. The van der Waals surface area contributed by atoms with Crippen LogP contribution in [0.2, 0.25) is 0 Å². The summed E-state index contributed by atoms with van der Waals surface area (Å²) in [6.07, 6.45) is 1.28. The fraction of sp³-hybridized carbons (Fsp3) is 1.00. The van der Waals surface area contributed by atoms with Crippen molar-refractivity contribution in [1.82, 2.24) is 15.1 Å². The zero-order chi connectivity index (χ0) is 13.1. The summed E-state index contributed by atoms with van der Waals surface area (Å²) in [6.45, 7) is 13.9. The minimum atomic E-state index is 0.306. The van der Waals surface area contributed by atoms with E-state index in [-0.39, 0.29) is 0 Å². The average Bonchev–Trinajstić information content (AvgIpc) is 2.35. The van der Waals surface area contributed by atoms with Gasteiger partial charge in [-0.05, 0) is 45.6 Å². The predicted molar refractivity (Wildman–Crippen MR) is 75.5 cm³/mol. The summed E-state index contributed by atoms with van der Waals surface area (Å²) in [6, 6.07) is 1.17. The van der Waals surface area contributed by atoms with Crippen LogP contribution in [0.1, 0.15) is 34.1 Å². The molecule has 3 nitrogen and oxygen atoms in total. The molecule has 1 aliphatic heterocycles. The normalized spacial score (nSPS) is 26.8. The highest BCUT2D eigenvalue weighted by Crippen LogP contribution is 2.25. The molecule has 102 valence electrons. The quantitative estimate of drug-likeness (QED) is 0.810. The summed E-state index contributed by atoms with van der Waals surface area (Å²) in [5.41, 5.74) is 0.306. The van der Waals surface area contributed by atoms with Gasteiger partial charge in [-0.2, -0.15) is 0 Å². The smallest absolute Gasteiger partial charge is 0.0378 e. The summed E-state index contributed by atoms with van der Waals surface area (Å²) < 4.78 is 0. The molecule has 1 heterocycles. The molecule has 1 N–H and O–H groups in total. The van der Waals surface area contributed by atoms with Crippen molar-refractivity contribution in [3.05, 3.63) is 0 Å². The number of nitrogens with one attached hydrogen (secondary N) is 1. The van der Waals surface area contributed by atoms with Crippen LogP contribution in [0.4, 0.5) is 0 Å². The Morgan fingerprint density at radius 3 is 2.41 bits per heavy atom. The molecule has 0 aromatic rings. The molecule has 2 unspecified atom stereocenters. The maximum atomic E-state index is 3.70. The Morgan fingerprint density at radius 2 is 1.88 bits per heavy atom. The fourth-order valence-electron chi connectivity index (χ4n) is 2.91. The topological polar surface area (TPSA) is 18.5 Å². The third kappa shape index (κ3) is 4.23. The molecule has 2 atom stereocenters. The van der Waals surface area contributed by atoms with Crippen LogP contribution < -0.4 is 5.32 Å². The second-order valence-electron chi connectivity index (χ2n) is 6.57. The first-order valence-corrected chi connectivity index (χ1v) is 6.98. The Balaban J connectivity index is 2.82. The van der Waals surface area contributed by atoms with Crippen molar-refractivity contribution in [2.24, 2.45) is 5.41 Å². The van der Waals surface area contributed by atoms with E-state index in [0.29, 0.717) is 17.5 Å². The van der Waals surface area contributed by atoms with Gasteiger partial charge in [0.05, 0.1) is 0 Å². The van der Waals surface area contributed by atoms with E-state index in [9.17, 15) is 0 Å². The van der Waals surface area contributed by atoms with Gasteiger partial charge in [-0.25, -0.2) is 0 Å². The summed E-state index contributed by atoms with van der Waals surface area (Å²) >= 11 is 0. The fourth-order valence-corrected chi connectivity index (χ4v) is 2.91. The molecule has 3 heteroatoms. The monoisotopic (exact) mass is 241 g/mol. The molecule has 1 fully saturated rings. The lowest BCUT2D eigenvalue weighted by atomic mass is 9.81. The number of hydrogen-bond donors (Lipinski definition) is 1. The maximum absolute atomic E-state index is 3.70. The molecule has 0 aromatic carbocycles. The highest BCUT2D eigenvalue weighted by molar-refractivity contribution is 4.94. The van der Waals surface area contributed by atoms with Crippen molar-refractivity contribution in [3.63, 3.8) is 0 Å². The van der Waals surface area contributed by atoms with Crippen LogP contribution in [0.15, 0.2) is 0 Å². The maximum Gasteiger partial charge on any atom is 0.0378 e. The molecule has 17 heavy (non-hydrogen) atoms. The number of likely N-dealkylation sites (N-methyl/N-ethyl adjacent to an activating group) is 3. The van der Waals surface area contributed by atoms with Crippen molar-refractivity contribution < 1.29 is 0 Å². The minimum Gasteiger partial charge on any atom is -0.312 e. The van der Waals surface area contributed by atoms with Crippen molar-refractivity contribution in [2.75, 3.05) is 40.3 Å². The summed E-state index contributed by atoms with van der Waals surface area (Å²) in [4.78, 5) is 5.02. The van der Waals surface area contributed by atoms with E-state index in [1.807, 2.05) is 0 Å². The number of hydrogen-bond acceptors (Lipinski definition) is 3. The first kappa shape index (κ1) is 14.9. The lowest BCUT2D eigenvalue weighted by Crippen LogP contribution is -2.57. The summed E-state index contributed by atoms with van der Waals surface area (Å²) in [5, 5.41) is 3.70. The molecule has 0 aromatic heterocycles. The van der Waals surface area contributed by atoms with Gasteiger partial charge < -0.3 is 15.1 Å². The zero-order valence-corrected chi connectivity index (χ0v) is 12.6. The highest BCUT2D eigenvalue weighted by atomic mass is 15.2. The van der Waals surface area contributed by atoms with Crippen molar-refractivity contribution in [2.45, 2.75) is 46.2 Å². The highest BCUT2D eigenvalue weighted by Gasteiger charge is 2.35. The molecule has 1 saturated heterocycles.